The number of aryl methyl sites for hydroxylation is 1. The fourth-order valence-electron chi connectivity index (χ4n) is 5.58. The fourth-order valence-corrected chi connectivity index (χ4v) is 7.27. The van der Waals surface area contributed by atoms with Crippen LogP contribution in [0.3, 0.4) is 0 Å². The van der Waals surface area contributed by atoms with E-state index in [-0.39, 0.29) is 17.5 Å². The average Bonchev–Trinajstić information content (AvgIpc) is 3.25. The molecule has 0 radical (unpaired) electrons. The molecule has 1 aromatic rings. The number of aromatic nitrogens is 2. The number of carbonyl (C=O) groups is 1. The van der Waals surface area contributed by atoms with Crippen molar-refractivity contribution < 1.29 is 13.2 Å². The second kappa shape index (κ2) is 8.89. The molecule has 2 saturated heterocycles. The summed E-state index contributed by atoms with van der Waals surface area (Å²) in [7, 11) is -2.94. The predicted octanol–water partition coefficient (Wildman–Crippen LogP) is 2.87. The Labute approximate surface area is 180 Å². The van der Waals surface area contributed by atoms with Crippen molar-refractivity contribution in [3.8, 4) is 0 Å². The molecule has 0 aromatic carbocycles. The van der Waals surface area contributed by atoms with Gasteiger partial charge in [0.2, 0.25) is 5.91 Å². The molecular weight excluding hydrogens is 400 g/mol. The lowest BCUT2D eigenvalue weighted by Crippen LogP contribution is -2.49. The summed E-state index contributed by atoms with van der Waals surface area (Å²) in [6, 6.07) is -0.0508. The summed E-state index contributed by atoms with van der Waals surface area (Å²) >= 11 is 0. The van der Waals surface area contributed by atoms with Crippen molar-refractivity contribution in [3.05, 3.63) is 11.4 Å². The average molecular weight is 437 g/mol. The molecule has 0 N–H and O–H groups in total. The van der Waals surface area contributed by atoms with Gasteiger partial charge in [-0.2, -0.15) is 5.10 Å². The third-order valence-electron chi connectivity index (χ3n) is 7.28. The van der Waals surface area contributed by atoms with Crippen molar-refractivity contribution in [2.45, 2.75) is 71.3 Å². The number of carbonyl (C=O) groups excluding carboxylic acids is 1. The maximum atomic E-state index is 12.7. The van der Waals surface area contributed by atoms with Crippen LogP contribution in [0.2, 0.25) is 0 Å². The summed E-state index contributed by atoms with van der Waals surface area (Å²) in [6.45, 7) is 7.18. The van der Waals surface area contributed by atoms with Gasteiger partial charge in [0.1, 0.15) is 0 Å². The van der Waals surface area contributed by atoms with Crippen molar-refractivity contribution in [3.63, 3.8) is 0 Å². The quantitative estimate of drug-likeness (QED) is 0.709. The first-order valence-electron chi connectivity index (χ1n) is 11.6. The van der Waals surface area contributed by atoms with Crippen LogP contribution in [0.25, 0.3) is 0 Å². The van der Waals surface area contributed by atoms with Gasteiger partial charge in [0.05, 0.1) is 34.6 Å². The van der Waals surface area contributed by atoms with Gasteiger partial charge < -0.3 is 9.80 Å². The Morgan fingerprint density at radius 1 is 1.03 bits per heavy atom. The molecule has 2 aliphatic heterocycles. The molecule has 1 aromatic heterocycles. The van der Waals surface area contributed by atoms with E-state index in [1.807, 2.05) is 23.4 Å². The third-order valence-corrected chi connectivity index (χ3v) is 9.03. The zero-order valence-corrected chi connectivity index (χ0v) is 19.3. The first-order chi connectivity index (χ1) is 14.3. The van der Waals surface area contributed by atoms with Crippen LogP contribution in [0.5, 0.6) is 0 Å². The van der Waals surface area contributed by atoms with Crippen molar-refractivity contribution >= 4 is 21.4 Å². The van der Waals surface area contributed by atoms with E-state index in [4.69, 9.17) is 5.10 Å². The Morgan fingerprint density at radius 2 is 1.73 bits per heavy atom. The van der Waals surface area contributed by atoms with E-state index < -0.39 is 9.84 Å². The monoisotopic (exact) mass is 436 g/mol. The van der Waals surface area contributed by atoms with E-state index in [0.717, 1.165) is 55.6 Å². The fraction of sp³-hybridized carbons (Fsp3) is 0.818. The summed E-state index contributed by atoms with van der Waals surface area (Å²) in [5, 5.41) is 4.70. The minimum atomic E-state index is -2.94. The van der Waals surface area contributed by atoms with Crippen LogP contribution in [0.1, 0.15) is 68.8 Å². The van der Waals surface area contributed by atoms with Gasteiger partial charge in [-0.05, 0) is 32.6 Å². The van der Waals surface area contributed by atoms with E-state index in [9.17, 15) is 13.2 Å². The van der Waals surface area contributed by atoms with Crippen LogP contribution in [-0.4, -0.2) is 66.7 Å². The highest BCUT2D eigenvalue weighted by molar-refractivity contribution is 7.91. The molecule has 1 unspecified atom stereocenters. The van der Waals surface area contributed by atoms with Crippen molar-refractivity contribution in [1.29, 1.82) is 0 Å². The summed E-state index contributed by atoms with van der Waals surface area (Å²) in [4.78, 5) is 17.0. The van der Waals surface area contributed by atoms with Crippen molar-refractivity contribution in [2.24, 2.45) is 5.92 Å². The molecule has 0 spiro atoms. The lowest BCUT2D eigenvalue weighted by atomic mass is 9.86. The summed E-state index contributed by atoms with van der Waals surface area (Å²) < 4.78 is 25.7. The standard InChI is InChI=1S/C22H36N4O3S/c1-17-22(18(2)26(23-17)20-10-15-30(28,29)16-20)25-13-11-24(12-14-25)21(27)9-8-19-6-4-3-5-7-19/h19-20H,3-16H2,1-2H3. The third kappa shape index (κ3) is 4.68. The predicted molar refractivity (Wildman–Crippen MR) is 119 cm³/mol. The lowest BCUT2D eigenvalue weighted by molar-refractivity contribution is -0.131. The van der Waals surface area contributed by atoms with Gasteiger partial charge in [-0.3, -0.25) is 9.48 Å². The normalized spacial score (nSPS) is 25.1. The molecular formula is C22H36N4O3S. The Balaban J connectivity index is 1.33. The molecule has 1 aliphatic carbocycles. The van der Waals surface area contributed by atoms with Crippen LogP contribution >= 0.6 is 0 Å². The zero-order valence-electron chi connectivity index (χ0n) is 18.5. The number of sulfone groups is 1. The minimum Gasteiger partial charge on any atom is -0.365 e. The smallest absolute Gasteiger partial charge is 0.222 e. The molecule has 1 atom stereocenters. The molecule has 0 bridgehead atoms. The Kier molecular flexibility index (Phi) is 6.42. The van der Waals surface area contributed by atoms with Gasteiger partial charge in [-0.1, -0.05) is 32.1 Å². The second-order valence-electron chi connectivity index (χ2n) is 9.43. The molecule has 3 fully saturated rings. The molecule has 3 aliphatic rings. The number of amides is 1. The van der Waals surface area contributed by atoms with Crippen LogP contribution in [0.4, 0.5) is 5.69 Å². The maximum Gasteiger partial charge on any atom is 0.222 e. The van der Waals surface area contributed by atoms with E-state index in [1.165, 1.54) is 32.1 Å². The first kappa shape index (κ1) is 21.7. The van der Waals surface area contributed by atoms with Crippen LogP contribution < -0.4 is 4.90 Å². The van der Waals surface area contributed by atoms with Gasteiger partial charge in [-0.25, -0.2) is 8.42 Å². The highest BCUT2D eigenvalue weighted by Gasteiger charge is 2.33. The van der Waals surface area contributed by atoms with Crippen LogP contribution in [0, 0.1) is 19.8 Å². The zero-order chi connectivity index (χ0) is 21.3. The Morgan fingerprint density at radius 3 is 2.37 bits per heavy atom. The molecule has 1 amide bonds. The Bertz CT molecular complexity index is 865. The first-order valence-corrected chi connectivity index (χ1v) is 13.4. The molecule has 168 valence electrons. The van der Waals surface area contributed by atoms with E-state index in [2.05, 4.69) is 4.90 Å². The lowest BCUT2D eigenvalue weighted by Gasteiger charge is -2.36. The van der Waals surface area contributed by atoms with Gasteiger partial charge in [0.25, 0.3) is 0 Å². The van der Waals surface area contributed by atoms with Gasteiger partial charge in [-0.15, -0.1) is 0 Å². The second-order valence-corrected chi connectivity index (χ2v) is 11.7. The van der Waals surface area contributed by atoms with E-state index in [0.29, 0.717) is 18.7 Å². The number of anilines is 1. The summed E-state index contributed by atoms with van der Waals surface area (Å²) in [5.41, 5.74) is 3.12. The number of hydrogen-bond acceptors (Lipinski definition) is 5. The highest BCUT2D eigenvalue weighted by atomic mass is 32.2. The molecule has 3 heterocycles. The summed E-state index contributed by atoms with van der Waals surface area (Å²) in [5.74, 6) is 1.50. The van der Waals surface area contributed by atoms with Gasteiger partial charge >= 0.3 is 0 Å². The van der Waals surface area contributed by atoms with Gasteiger partial charge in [0.15, 0.2) is 9.84 Å². The number of nitrogens with zero attached hydrogens (tertiary/aromatic N) is 4. The molecule has 4 rings (SSSR count). The minimum absolute atomic E-state index is 0.0508. The summed E-state index contributed by atoms with van der Waals surface area (Å²) in [6.07, 6.45) is 9.00. The molecule has 7 nitrogen and oxygen atoms in total. The largest absolute Gasteiger partial charge is 0.365 e. The van der Waals surface area contributed by atoms with Gasteiger partial charge in [0, 0.05) is 32.6 Å². The molecule has 1 saturated carbocycles. The number of hydrogen-bond donors (Lipinski definition) is 0. The Hall–Kier alpha value is -1.57. The molecule has 8 heteroatoms. The van der Waals surface area contributed by atoms with Crippen LogP contribution in [-0.2, 0) is 14.6 Å². The highest BCUT2D eigenvalue weighted by Crippen LogP contribution is 2.32. The topological polar surface area (TPSA) is 75.5 Å². The number of rotatable bonds is 5. The van der Waals surface area contributed by atoms with Crippen molar-refractivity contribution in [2.75, 3.05) is 42.6 Å². The number of piperazine rings is 1. The maximum absolute atomic E-state index is 12.7. The van der Waals surface area contributed by atoms with E-state index in [1.54, 1.807) is 0 Å². The van der Waals surface area contributed by atoms with Crippen molar-refractivity contribution in [1.82, 2.24) is 14.7 Å². The molecule has 30 heavy (non-hydrogen) atoms. The van der Waals surface area contributed by atoms with Crippen LogP contribution in [0.15, 0.2) is 0 Å². The SMILES string of the molecule is Cc1nn(C2CCS(=O)(=O)C2)c(C)c1N1CCN(C(=O)CCC2CCCCC2)CC1. The van der Waals surface area contributed by atoms with E-state index >= 15 is 0 Å².